The van der Waals surface area contributed by atoms with Crippen LogP contribution >= 0.6 is 0 Å². The Morgan fingerprint density at radius 3 is 1.67 bits per heavy atom. The lowest BCUT2D eigenvalue weighted by atomic mass is 10.1. The molecule has 0 aliphatic carbocycles. The molecule has 0 fully saturated rings. The lowest BCUT2D eigenvalue weighted by Crippen LogP contribution is -2.14. The molecule has 2 N–H and O–H groups in total. The zero-order valence-electron chi connectivity index (χ0n) is 7.88. The molecule has 0 aromatic rings. The van der Waals surface area contributed by atoms with Gasteiger partial charge in [-0.25, -0.2) is 0 Å². The van der Waals surface area contributed by atoms with Crippen molar-refractivity contribution in [2.75, 3.05) is 0 Å². The van der Waals surface area contributed by atoms with E-state index in [1.54, 1.807) is 12.2 Å². The fraction of sp³-hybridized carbons (Fsp3) is 0.273. The van der Waals surface area contributed by atoms with Crippen LogP contribution in [0.3, 0.4) is 0 Å². The standard InChI is InChI=1S/C11H17N/c1-5-9(3)7-11(12)8-10(4)6-2/h5-8,11H,1-2,12H2,3-4H3/b9-7+,10-8+. The Labute approximate surface area is 75.0 Å². The molecule has 0 rings (SSSR count). The Morgan fingerprint density at radius 2 is 1.42 bits per heavy atom. The highest BCUT2D eigenvalue weighted by atomic mass is 14.6. The number of nitrogens with two attached hydrogens (primary N) is 1. The van der Waals surface area contributed by atoms with Crippen LogP contribution in [0.25, 0.3) is 0 Å². The smallest absolute Gasteiger partial charge is 0.0421 e. The van der Waals surface area contributed by atoms with E-state index in [0.29, 0.717) is 0 Å². The van der Waals surface area contributed by atoms with Gasteiger partial charge in [0.1, 0.15) is 0 Å². The average molecular weight is 163 g/mol. The Hall–Kier alpha value is -1.08. The van der Waals surface area contributed by atoms with Crippen LogP contribution in [-0.2, 0) is 0 Å². The SMILES string of the molecule is C=C/C(C)=C/C(N)/C=C(\C)C=C. The fourth-order valence-electron chi connectivity index (χ4n) is 0.791. The first-order chi connectivity index (χ1) is 5.60. The highest BCUT2D eigenvalue weighted by molar-refractivity contribution is 5.23. The van der Waals surface area contributed by atoms with E-state index in [0.717, 1.165) is 11.1 Å². The topological polar surface area (TPSA) is 26.0 Å². The number of rotatable bonds is 4. The molecule has 0 amide bonds. The van der Waals surface area contributed by atoms with Gasteiger partial charge in [-0.1, -0.05) is 48.6 Å². The predicted octanol–water partition coefficient (Wildman–Crippen LogP) is 2.58. The van der Waals surface area contributed by atoms with Crippen molar-refractivity contribution in [2.24, 2.45) is 5.73 Å². The summed E-state index contributed by atoms with van der Waals surface area (Å²) in [6.45, 7) is 11.2. The Balaban J connectivity index is 4.32. The van der Waals surface area contributed by atoms with Gasteiger partial charge >= 0.3 is 0 Å². The molecule has 66 valence electrons. The van der Waals surface area contributed by atoms with Crippen LogP contribution in [0.4, 0.5) is 0 Å². The molecule has 0 unspecified atom stereocenters. The minimum Gasteiger partial charge on any atom is -0.321 e. The van der Waals surface area contributed by atoms with Crippen molar-refractivity contribution in [3.05, 3.63) is 48.6 Å². The molecule has 0 aliphatic rings. The second kappa shape index (κ2) is 5.56. The molecule has 0 heterocycles. The van der Waals surface area contributed by atoms with Crippen LogP contribution in [0.2, 0.25) is 0 Å². The van der Waals surface area contributed by atoms with Gasteiger partial charge in [-0.05, 0) is 13.8 Å². The van der Waals surface area contributed by atoms with Crippen LogP contribution in [0.15, 0.2) is 48.6 Å². The first-order valence-electron chi connectivity index (χ1n) is 3.97. The summed E-state index contributed by atoms with van der Waals surface area (Å²) < 4.78 is 0. The highest BCUT2D eigenvalue weighted by Crippen LogP contribution is 2.00. The first kappa shape index (κ1) is 10.9. The summed E-state index contributed by atoms with van der Waals surface area (Å²) in [4.78, 5) is 0. The predicted molar refractivity (Wildman–Crippen MR) is 55.9 cm³/mol. The Bertz CT molecular complexity index is 197. The molecule has 0 bridgehead atoms. The minimum absolute atomic E-state index is 0.0407. The molecule has 0 atom stereocenters. The third-order valence-corrected chi connectivity index (χ3v) is 1.55. The monoisotopic (exact) mass is 163 g/mol. The average Bonchev–Trinajstić information content (AvgIpc) is 2.03. The molecule has 0 saturated heterocycles. The van der Waals surface area contributed by atoms with Gasteiger partial charge in [-0.15, -0.1) is 0 Å². The van der Waals surface area contributed by atoms with Gasteiger partial charge in [-0.2, -0.15) is 0 Å². The van der Waals surface area contributed by atoms with E-state index < -0.39 is 0 Å². The van der Waals surface area contributed by atoms with E-state index in [4.69, 9.17) is 5.73 Å². The molecule has 0 spiro atoms. The summed E-state index contributed by atoms with van der Waals surface area (Å²) in [5.41, 5.74) is 7.96. The van der Waals surface area contributed by atoms with Crippen molar-refractivity contribution in [3.8, 4) is 0 Å². The molecule has 0 aliphatic heterocycles. The van der Waals surface area contributed by atoms with E-state index in [1.807, 2.05) is 26.0 Å². The van der Waals surface area contributed by atoms with E-state index in [2.05, 4.69) is 13.2 Å². The summed E-state index contributed by atoms with van der Waals surface area (Å²) in [5, 5.41) is 0. The maximum Gasteiger partial charge on any atom is 0.0421 e. The quantitative estimate of drug-likeness (QED) is 0.633. The van der Waals surface area contributed by atoms with Gasteiger partial charge in [0.05, 0.1) is 0 Å². The lowest BCUT2D eigenvalue weighted by Gasteiger charge is -2.01. The Morgan fingerprint density at radius 1 is 1.08 bits per heavy atom. The van der Waals surface area contributed by atoms with Crippen LogP contribution in [0.5, 0.6) is 0 Å². The van der Waals surface area contributed by atoms with E-state index >= 15 is 0 Å². The fourth-order valence-corrected chi connectivity index (χ4v) is 0.791. The minimum atomic E-state index is -0.0407. The second-order valence-electron chi connectivity index (χ2n) is 2.81. The van der Waals surface area contributed by atoms with Gasteiger partial charge in [0.2, 0.25) is 0 Å². The second-order valence-corrected chi connectivity index (χ2v) is 2.81. The van der Waals surface area contributed by atoms with Crippen LogP contribution in [0, 0.1) is 0 Å². The van der Waals surface area contributed by atoms with Gasteiger partial charge < -0.3 is 5.73 Å². The normalized spacial score (nSPS) is 15.6. The largest absolute Gasteiger partial charge is 0.321 e. The molecule has 0 radical (unpaired) electrons. The lowest BCUT2D eigenvalue weighted by molar-refractivity contribution is 1.01. The highest BCUT2D eigenvalue weighted by Gasteiger charge is 1.92. The van der Waals surface area contributed by atoms with Crippen LogP contribution in [0.1, 0.15) is 13.8 Å². The number of allylic oxidation sites excluding steroid dienone is 4. The maximum atomic E-state index is 5.78. The zero-order valence-corrected chi connectivity index (χ0v) is 7.88. The summed E-state index contributed by atoms with van der Waals surface area (Å²) >= 11 is 0. The van der Waals surface area contributed by atoms with Crippen molar-refractivity contribution in [2.45, 2.75) is 19.9 Å². The van der Waals surface area contributed by atoms with Crippen molar-refractivity contribution < 1.29 is 0 Å². The third-order valence-electron chi connectivity index (χ3n) is 1.55. The van der Waals surface area contributed by atoms with Crippen molar-refractivity contribution in [3.63, 3.8) is 0 Å². The number of hydrogen-bond acceptors (Lipinski definition) is 1. The molecular formula is C11H17N. The van der Waals surface area contributed by atoms with Gasteiger partial charge in [0.15, 0.2) is 0 Å². The third kappa shape index (κ3) is 4.69. The first-order valence-corrected chi connectivity index (χ1v) is 3.97. The maximum absolute atomic E-state index is 5.78. The van der Waals surface area contributed by atoms with Crippen molar-refractivity contribution >= 4 is 0 Å². The molecule has 12 heavy (non-hydrogen) atoms. The molecular weight excluding hydrogens is 146 g/mol. The molecule has 0 aromatic carbocycles. The summed E-state index contributed by atoms with van der Waals surface area (Å²) in [5.74, 6) is 0. The van der Waals surface area contributed by atoms with Gasteiger partial charge in [-0.3, -0.25) is 0 Å². The molecule has 1 heteroatoms. The van der Waals surface area contributed by atoms with Crippen LogP contribution < -0.4 is 5.73 Å². The molecule has 0 aromatic heterocycles. The van der Waals surface area contributed by atoms with Crippen molar-refractivity contribution in [1.29, 1.82) is 0 Å². The van der Waals surface area contributed by atoms with Crippen molar-refractivity contribution in [1.82, 2.24) is 0 Å². The van der Waals surface area contributed by atoms with E-state index in [-0.39, 0.29) is 6.04 Å². The number of hydrogen-bond donors (Lipinski definition) is 1. The Kier molecular flexibility index (Phi) is 5.06. The van der Waals surface area contributed by atoms with E-state index in [9.17, 15) is 0 Å². The molecule has 0 saturated carbocycles. The summed E-state index contributed by atoms with van der Waals surface area (Å²) in [6, 6.07) is -0.0407. The van der Waals surface area contributed by atoms with Gasteiger partial charge in [0, 0.05) is 6.04 Å². The molecule has 1 nitrogen and oxygen atoms in total. The van der Waals surface area contributed by atoms with Gasteiger partial charge in [0.25, 0.3) is 0 Å². The summed E-state index contributed by atoms with van der Waals surface area (Å²) in [6.07, 6.45) is 7.49. The van der Waals surface area contributed by atoms with Crippen LogP contribution in [-0.4, -0.2) is 6.04 Å². The zero-order chi connectivity index (χ0) is 9.56. The summed E-state index contributed by atoms with van der Waals surface area (Å²) in [7, 11) is 0. The van der Waals surface area contributed by atoms with E-state index in [1.165, 1.54) is 0 Å².